The molecule has 0 aromatic carbocycles. The summed E-state index contributed by atoms with van der Waals surface area (Å²) < 4.78 is 0. The summed E-state index contributed by atoms with van der Waals surface area (Å²) in [6, 6.07) is 1.35. The van der Waals surface area contributed by atoms with Crippen molar-refractivity contribution in [2.24, 2.45) is 0 Å². The molecule has 0 radical (unpaired) electrons. The molecule has 0 spiro atoms. The van der Waals surface area contributed by atoms with E-state index in [2.05, 4.69) is 20.5 Å². The van der Waals surface area contributed by atoms with Crippen molar-refractivity contribution in [2.75, 3.05) is 5.32 Å². The highest BCUT2D eigenvalue weighted by molar-refractivity contribution is 6.04. The zero-order chi connectivity index (χ0) is 12.3. The number of hydrogen-bond acceptors (Lipinski definition) is 4. The van der Waals surface area contributed by atoms with Gasteiger partial charge in [0.25, 0.3) is 5.91 Å². The summed E-state index contributed by atoms with van der Waals surface area (Å²) in [5.41, 5.74) is 1.22. The predicted octanol–water partition coefficient (Wildman–Crippen LogP) is 1.32. The largest absolute Gasteiger partial charge is 0.506 e. The van der Waals surface area contributed by atoms with E-state index in [1.165, 1.54) is 18.5 Å². The van der Waals surface area contributed by atoms with Crippen LogP contribution >= 0.6 is 0 Å². The molecule has 17 heavy (non-hydrogen) atoms. The number of anilines is 1. The van der Waals surface area contributed by atoms with E-state index in [4.69, 9.17) is 0 Å². The van der Waals surface area contributed by atoms with E-state index < -0.39 is 0 Å². The molecule has 3 N–H and O–H groups in total. The molecular weight excluding hydrogens is 220 g/mol. The Labute approximate surface area is 97.7 Å². The van der Waals surface area contributed by atoms with Crippen LogP contribution < -0.4 is 5.32 Å². The molecule has 0 saturated carbocycles. The summed E-state index contributed by atoms with van der Waals surface area (Å²) in [5.74, 6) is 0.186. The van der Waals surface area contributed by atoms with Gasteiger partial charge in [0.1, 0.15) is 11.6 Å². The normalized spacial score (nSPS) is 10.2. The number of pyridine rings is 1. The molecule has 0 fully saturated rings. The van der Waals surface area contributed by atoms with Crippen LogP contribution in [0.1, 0.15) is 22.8 Å². The van der Waals surface area contributed by atoms with Gasteiger partial charge in [-0.25, -0.2) is 0 Å². The molecule has 0 aliphatic carbocycles. The monoisotopic (exact) mass is 232 g/mol. The summed E-state index contributed by atoms with van der Waals surface area (Å²) in [4.78, 5) is 15.6. The number of aromatic hydroxyl groups is 1. The molecule has 0 bridgehead atoms. The summed E-state index contributed by atoms with van der Waals surface area (Å²) in [7, 11) is 0. The number of aryl methyl sites for hydroxylation is 1. The Morgan fingerprint density at radius 2 is 2.29 bits per heavy atom. The SMILES string of the molecule is CCc1cn[nH]c1NC(=O)c1cncc(O)c1. The number of hydrogen-bond donors (Lipinski definition) is 3. The van der Waals surface area contributed by atoms with Crippen molar-refractivity contribution in [3.63, 3.8) is 0 Å². The summed E-state index contributed by atoms with van der Waals surface area (Å²) in [6.07, 6.45) is 5.09. The molecule has 6 nitrogen and oxygen atoms in total. The third kappa shape index (κ3) is 2.41. The second-order valence-electron chi connectivity index (χ2n) is 3.51. The molecule has 88 valence electrons. The maximum Gasteiger partial charge on any atom is 0.258 e. The van der Waals surface area contributed by atoms with E-state index in [0.29, 0.717) is 11.4 Å². The van der Waals surface area contributed by atoms with Gasteiger partial charge in [-0.1, -0.05) is 6.92 Å². The molecule has 0 atom stereocenters. The first-order valence-corrected chi connectivity index (χ1v) is 5.18. The van der Waals surface area contributed by atoms with Crippen LogP contribution in [0.4, 0.5) is 5.82 Å². The Balaban J connectivity index is 2.17. The lowest BCUT2D eigenvalue weighted by Gasteiger charge is -2.04. The number of carbonyl (C=O) groups excluding carboxylic acids is 1. The van der Waals surface area contributed by atoms with E-state index in [9.17, 15) is 9.90 Å². The molecule has 6 heteroatoms. The van der Waals surface area contributed by atoms with Crippen molar-refractivity contribution >= 4 is 11.7 Å². The van der Waals surface area contributed by atoms with Gasteiger partial charge in [0, 0.05) is 11.8 Å². The van der Waals surface area contributed by atoms with Crippen LogP contribution in [0.5, 0.6) is 5.75 Å². The van der Waals surface area contributed by atoms with Gasteiger partial charge < -0.3 is 10.4 Å². The van der Waals surface area contributed by atoms with Gasteiger partial charge in [0.2, 0.25) is 0 Å². The van der Waals surface area contributed by atoms with Crippen molar-refractivity contribution in [3.8, 4) is 5.75 Å². The minimum absolute atomic E-state index is 0.0435. The van der Waals surface area contributed by atoms with Gasteiger partial charge in [-0.3, -0.25) is 14.9 Å². The minimum atomic E-state index is -0.340. The van der Waals surface area contributed by atoms with Crippen LogP contribution in [0.15, 0.2) is 24.7 Å². The zero-order valence-electron chi connectivity index (χ0n) is 9.27. The molecule has 0 saturated heterocycles. The first-order chi connectivity index (χ1) is 8.20. The van der Waals surface area contributed by atoms with Gasteiger partial charge in [-0.2, -0.15) is 5.10 Å². The maximum absolute atomic E-state index is 11.8. The number of nitrogens with one attached hydrogen (secondary N) is 2. The average Bonchev–Trinajstić information content (AvgIpc) is 2.76. The summed E-state index contributed by atoms with van der Waals surface area (Å²) >= 11 is 0. The Hall–Kier alpha value is -2.37. The zero-order valence-corrected chi connectivity index (χ0v) is 9.27. The fourth-order valence-electron chi connectivity index (χ4n) is 1.43. The lowest BCUT2D eigenvalue weighted by Crippen LogP contribution is -2.13. The van der Waals surface area contributed by atoms with Crippen LogP contribution in [0.3, 0.4) is 0 Å². The highest BCUT2D eigenvalue weighted by Gasteiger charge is 2.10. The van der Waals surface area contributed by atoms with Crippen molar-refractivity contribution in [2.45, 2.75) is 13.3 Å². The number of aromatic nitrogens is 3. The molecule has 2 aromatic rings. The topological polar surface area (TPSA) is 90.9 Å². The number of carbonyl (C=O) groups is 1. The van der Waals surface area contributed by atoms with E-state index in [0.717, 1.165) is 12.0 Å². The maximum atomic E-state index is 11.8. The second-order valence-corrected chi connectivity index (χ2v) is 3.51. The lowest BCUT2D eigenvalue weighted by atomic mass is 10.2. The Kier molecular flexibility index (Phi) is 3.04. The summed E-state index contributed by atoms with van der Waals surface area (Å²) in [6.45, 7) is 1.97. The molecule has 2 rings (SSSR count). The first-order valence-electron chi connectivity index (χ1n) is 5.18. The summed E-state index contributed by atoms with van der Waals surface area (Å²) in [5, 5.41) is 18.5. The van der Waals surface area contributed by atoms with Crippen LogP contribution in [-0.2, 0) is 6.42 Å². The van der Waals surface area contributed by atoms with Crippen molar-refractivity contribution in [3.05, 3.63) is 35.8 Å². The van der Waals surface area contributed by atoms with Gasteiger partial charge in [0.15, 0.2) is 0 Å². The highest BCUT2D eigenvalue weighted by atomic mass is 16.3. The number of rotatable bonds is 3. The van der Waals surface area contributed by atoms with E-state index in [-0.39, 0.29) is 11.7 Å². The van der Waals surface area contributed by atoms with Crippen molar-refractivity contribution in [1.29, 1.82) is 0 Å². The van der Waals surface area contributed by atoms with Crippen LogP contribution in [0, 0.1) is 0 Å². The van der Waals surface area contributed by atoms with Gasteiger partial charge in [0.05, 0.1) is 18.0 Å². The fourth-order valence-corrected chi connectivity index (χ4v) is 1.43. The molecular formula is C11H12N4O2. The van der Waals surface area contributed by atoms with Gasteiger partial charge >= 0.3 is 0 Å². The lowest BCUT2D eigenvalue weighted by molar-refractivity contribution is 0.102. The van der Waals surface area contributed by atoms with E-state index in [1.807, 2.05) is 6.92 Å². The van der Waals surface area contributed by atoms with Gasteiger partial charge in [-0.15, -0.1) is 0 Å². The third-order valence-corrected chi connectivity index (χ3v) is 2.32. The average molecular weight is 232 g/mol. The highest BCUT2D eigenvalue weighted by Crippen LogP contribution is 2.14. The molecule has 2 heterocycles. The second kappa shape index (κ2) is 4.65. The van der Waals surface area contributed by atoms with E-state index in [1.54, 1.807) is 6.20 Å². The number of nitrogens with zero attached hydrogens (tertiary/aromatic N) is 2. The third-order valence-electron chi connectivity index (χ3n) is 2.32. The standard InChI is InChI=1S/C11H12N4O2/c1-2-7-5-13-15-10(7)14-11(17)8-3-9(16)6-12-4-8/h3-6,16H,2H2,1H3,(H2,13,14,15,17). The first kappa shape index (κ1) is 11.1. The Bertz CT molecular complexity index is 536. The van der Waals surface area contributed by atoms with Gasteiger partial charge in [-0.05, 0) is 12.5 Å². The number of amides is 1. The molecule has 0 aliphatic rings. The van der Waals surface area contributed by atoms with Crippen molar-refractivity contribution < 1.29 is 9.90 Å². The molecule has 1 amide bonds. The van der Waals surface area contributed by atoms with Crippen LogP contribution in [0.25, 0.3) is 0 Å². The van der Waals surface area contributed by atoms with E-state index >= 15 is 0 Å². The predicted molar refractivity (Wildman–Crippen MR) is 61.8 cm³/mol. The quantitative estimate of drug-likeness (QED) is 0.744. The Morgan fingerprint density at radius 1 is 1.47 bits per heavy atom. The molecule has 0 aliphatic heterocycles. The van der Waals surface area contributed by atoms with Crippen molar-refractivity contribution in [1.82, 2.24) is 15.2 Å². The Morgan fingerprint density at radius 3 is 3.00 bits per heavy atom. The molecule has 0 unspecified atom stereocenters. The fraction of sp³-hybridized carbons (Fsp3) is 0.182. The number of H-pyrrole nitrogens is 1. The van der Waals surface area contributed by atoms with Crippen LogP contribution in [-0.4, -0.2) is 26.2 Å². The minimum Gasteiger partial charge on any atom is -0.506 e. The van der Waals surface area contributed by atoms with Crippen LogP contribution in [0.2, 0.25) is 0 Å². The molecule has 2 aromatic heterocycles. The smallest absolute Gasteiger partial charge is 0.258 e. The number of aromatic amines is 1.